The lowest BCUT2D eigenvalue weighted by molar-refractivity contribution is 0.0526. The summed E-state index contributed by atoms with van der Waals surface area (Å²) in [5.41, 5.74) is 3.85. The van der Waals surface area contributed by atoms with Crippen molar-refractivity contribution in [3.8, 4) is 0 Å². The number of furan rings is 1. The first-order valence-corrected chi connectivity index (χ1v) is 11.5. The molecule has 0 spiro atoms. The van der Waals surface area contributed by atoms with Crippen molar-refractivity contribution in [1.82, 2.24) is 0 Å². The number of aryl methyl sites for hydroxylation is 4. The summed E-state index contributed by atoms with van der Waals surface area (Å²) in [6.45, 7) is 9.58. The fraction of sp³-hybridized carbons (Fsp3) is 0.348. The van der Waals surface area contributed by atoms with E-state index in [9.17, 15) is 13.2 Å². The minimum absolute atomic E-state index is 0.232. The third-order valence-corrected chi connectivity index (χ3v) is 6.57. The van der Waals surface area contributed by atoms with E-state index < -0.39 is 16.0 Å². The Morgan fingerprint density at radius 2 is 1.73 bits per heavy atom. The lowest BCUT2D eigenvalue weighted by atomic mass is 10.1. The van der Waals surface area contributed by atoms with Crippen molar-refractivity contribution >= 4 is 32.6 Å². The summed E-state index contributed by atoms with van der Waals surface area (Å²) in [5, 5.41) is 0.536. The first kappa shape index (κ1) is 21.9. The third kappa shape index (κ3) is 4.21. The highest BCUT2D eigenvalue weighted by molar-refractivity contribution is 7.92. The molecule has 0 saturated carbocycles. The summed E-state index contributed by atoms with van der Waals surface area (Å²) in [4.78, 5) is 12.8. The van der Waals surface area contributed by atoms with Gasteiger partial charge in [-0.1, -0.05) is 13.0 Å². The van der Waals surface area contributed by atoms with Crippen molar-refractivity contribution in [1.29, 1.82) is 0 Å². The Hall–Kier alpha value is -2.80. The minimum Gasteiger partial charge on any atom is -0.462 e. The molecule has 0 saturated heterocycles. The maximum Gasteiger partial charge on any atom is 0.342 e. The number of anilines is 1. The number of ether oxygens (including phenoxy) is 1. The molecule has 7 heteroatoms. The number of hydrogen-bond donors (Lipinski definition) is 1. The van der Waals surface area contributed by atoms with Crippen molar-refractivity contribution < 1.29 is 22.4 Å². The second-order valence-electron chi connectivity index (χ2n) is 7.39. The van der Waals surface area contributed by atoms with E-state index >= 15 is 0 Å². The molecule has 2 aromatic carbocycles. The largest absolute Gasteiger partial charge is 0.462 e. The number of carbonyl (C=O) groups is 1. The van der Waals surface area contributed by atoms with E-state index in [1.54, 1.807) is 38.1 Å². The van der Waals surface area contributed by atoms with Gasteiger partial charge in [0.2, 0.25) is 0 Å². The number of hydrogen-bond acceptors (Lipinski definition) is 5. The van der Waals surface area contributed by atoms with Crippen molar-refractivity contribution in [2.75, 3.05) is 11.3 Å². The normalized spacial score (nSPS) is 11.6. The molecular weight excluding hydrogens is 402 g/mol. The lowest BCUT2D eigenvalue weighted by Crippen LogP contribution is -2.15. The second kappa shape index (κ2) is 8.52. The van der Waals surface area contributed by atoms with Crippen LogP contribution in [0.15, 0.2) is 39.6 Å². The maximum absolute atomic E-state index is 13.0. The predicted octanol–water partition coefficient (Wildman–Crippen LogP) is 5.29. The maximum atomic E-state index is 13.0. The molecule has 0 radical (unpaired) electrons. The molecule has 6 nitrogen and oxygen atoms in total. The zero-order valence-electron chi connectivity index (χ0n) is 18.0. The van der Waals surface area contributed by atoms with E-state index in [4.69, 9.17) is 9.15 Å². The van der Waals surface area contributed by atoms with Gasteiger partial charge in [0.1, 0.15) is 16.9 Å². The van der Waals surface area contributed by atoms with Crippen molar-refractivity contribution in [3.05, 3.63) is 58.3 Å². The lowest BCUT2D eigenvalue weighted by Gasteiger charge is -2.13. The molecule has 0 bridgehead atoms. The van der Waals surface area contributed by atoms with Gasteiger partial charge < -0.3 is 9.15 Å². The van der Waals surface area contributed by atoms with E-state index in [0.29, 0.717) is 40.0 Å². The Kier molecular flexibility index (Phi) is 6.22. The number of carbonyl (C=O) groups excluding carboxylic acids is 1. The Morgan fingerprint density at radius 3 is 2.40 bits per heavy atom. The third-order valence-electron chi connectivity index (χ3n) is 5.05. The standard InChI is InChI=1S/C23H27NO5S/c1-6-8-20-22(23(25)28-7-2)18-13-17(9-10-19(18)29-20)24-30(26,27)21-12-15(4)14(3)11-16(21)5/h9-13,24H,6-8H2,1-5H3. The van der Waals surface area contributed by atoms with Gasteiger partial charge in [-0.3, -0.25) is 4.72 Å². The molecule has 0 fully saturated rings. The van der Waals surface area contributed by atoms with Crippen LogP contribution in [0.5, 0.6) is 0 Å². The van der Waals surface area contributed by atoms with Gasteiger partial charge in [-0.05, 0) is 75.1 Å². The van der Waals surface area contributed by atoms with E-state index in [2.05, 4.69) is 4.72 Å². The Balaban J connectivity index is 2.06. The van der Waals surface area contributed by atoms with Crippen molar-refractivity contribution in [2.24, 2.45) is 0 Å². The first-order valence-electron chi connectivity index (χ1n) is 10.0. The van der Waals surface area contributed by atoms with Crippen LogP contribution in [0, 0.1) is 20.8 Å². The smallest absolute Gasteiger partial charge is 0.342 e. The molecule has 0 amide bonds. The van der Waals surface area contributed by atoms with Gasteiger partial charge in [0.15, 0.2) is 0 Å². The molecule has 30 heavy (non-hydrogen) atoms. The molecular formula is C23H27NO5S. The fourth-order valence-corrected chi connectivity index (χ4v) is 4.84. The van der Waals surface area contributed by atoms with Gasteiger partial charge >= 0.3 is 5.97 Å². The SMILES string of the molecule is CCCc1oc2ccc(NS(=O)(=O)c3cc(C)c(C)cc3C)cc2c1C(=O)OCC. The van der Waals surface area contributed by atoms with Crippen molar-refractivity contribution in [2.45, 2.75) is 52.4 Å². The van der Waals surface area contributed by atoms with Gasteiger partial charge in [-0.25, -0.2) is 13.2 Å². The average Bonchev–Trinajstić information content (AvgIpc) is 3.02. The molecule has 1 heterocycles. The van der Waals surface area contributed by atoms with E-state index in [1.807, 2.05) is 26.8 Å². The summed E-state index contributed by atoms with van der Waals surface area (Å²) in [7, 11) is -3.80. The van der Waals surface area contributed by atoms with Crippen LogP contribution in [0.4, 0.5) is 5.69 Å². The van der Waals surface area contributed by atoms with Crippen molar-refractivity contribution in [3.63, 3.8) is 0 Å². The molecule has 160 valence electrons. The number of esters is 1. The van der Waals surface area contributed by atoms with Crippen LogP contribution in [0.1, 0.15) is 53.1 Å². The number of nitrogens with one attached hydrogen (secondary N) is 1. The zero-order valence-corrected chi connectivity index (χ0v) is 18.8. The highest BCUT2D eigenvalue weighted by Crippen LogP contribution is 2.31. The van der Waals surface area contributed by atoms with Crippen LogP contribution in [-0.2, 0) is 21.2 Å². The summed E-state index contributed by atoms with van der Waals surface area (Å²) in [5.74, 6) is 0.0840. The summed E-state index contributed by atoms with van der Waals surface area (Å²) < 4.78 is 39.7. The monoisotopic (exact) mass is 429 g/mol. The molecule has 3 aromatic rings. The van der Waals surface area contributed by atoms with Gasteiger partial charge in [0, 0.05) is 17.5 Å². The first-order chi connectivity index (χ1) is 14.2. The Morgan fingerprint density at radius 1 is 1.03 bits per heavy atom. The number of sulfonamides is 1. The molecule has 3 rings (SSSR count). The molecule has 0 aliphatic rings. The summed E-state index contributed by atoms with van der Waals surface area (Å²) in [6, 6.07) is 8.46. The van der Waals surface area contributed by atoms with Crippen LogP contribution < -0.4 is 4.72 Å². The van der Waals surface area contributed by atoms with Gasteiger partial charge in [-0.2, -0.15) is 0 Å². The van der Waals surface area contributed by atoms with Crippen LogP contribution >= 0.6 is 0 Å². The highest BCUT2D eigenvalue weighted by Gasteiger charge is 2.23. The van der Waals surface area contributed by atoms with E-state index in [0.717, 1.165) is 17.5 Å². The van der Waals surface area contributed by atoms with Gasteiger partial charge in [-0.15, -0.1) is 0 Å². The Bertz CT molecular complexity index is 1210. The minimum atomic E-state index is -3.80. The Labute approximate surface area is 177 Å². The van der Waals surface area contributed by atoms with Gasteiger partial charge in [0.05, 0.1) is 11.5 Å². The topological polar surface area (TPSA) is 85.6 Å². The van der Waals surface area contributed by atoms with Crippen LogP contribution in [-0.4, -0.2) is 21.0 Å². The molecule has 1 aromatic heterocycles. The van der Waals surface area contributed by atoms with E-state index in [1.165, 1.54) is 0 Å². The second-order valence-corrected chi connectivity index (χ2v) is 9.04. The van der Waals surface area contributed by atoms with Crippen LogP contribution in [0.25, 0.3) is 11.0 Å². The number of fused-ring (bicyclic) bond motifs is 1. The molecule has 0 unspecified atom stereocenters. The summed E-state index contributed by atoms with van der Waals surface area (Å²) >= 11 is 0. The molecule has 1 N–H and O–H groups in total. The van der Waals surface area contributed by atoms with E-state index in [-0.39, 0.29) is 11.5 Å². The van der Waals surface area contributed by atoms with Gasteiger partial charge in [0.25, 0.3) is 10.0 Å². The number of benzene rings is 2. The molecule has 0 aliphatic carbocycles. The zero-order chi connectivity index (χ0) is 22.1. The molecule has 0 atom stereocenters. The predicted molar refractivity (Wildman–Crippen MR) is 118 cm³/mol. The molecule has 0 aliphatic heterocycles. The quantitative estimate of drug-likeness (QED) is 0.516. The van der Waals surface area contributed by atoms with Crippen LogP contribution in [0.3, 0.4) is 0 Å². The highest BCUT2D eigenvalue weighted by atomic mass is 32.2. The average molecular weight is 430 g/mol. The number of rotatable bonds is 7. The summed E-state index contributed by atoms with van der Waals surface area (Å²) in [6.07, 6.45) is 1.39. The fourth-order valence-electron chi connectivity index (χ4n) is 3.48. The van der Waals surface area contributed by atoms with Crippen LogP contribution in [0.2, 0.25) is 0 Å².